The van der Waals surface area contributed by atoms with Gasteiger partial charge in [0, 0.05) is 23.2 Å². The number of nitrogens with zero attached hydrogens (tertiary/aromatic N) is 6. The van der Waals surface area contributed by atoms with Crippen LogP contribution in [-0.2, 0) is 17.8 Å². The molecule has 2 aromatic heterocycles. The monoisotopic (exact) mass is 462 g/mol. The summed E-state index contributed by atoms with van der Waals surface area (Å²) in [5.74, 6) is 1.68. The van der Waals surface area contributed by atoms with Crippen molar-refractivity contribution >= 4 is 27.5 Å². The van der Waals surface area contributed by atoms with Gasteiger partial charge in [0.25, 0.3) is 0 Å². The SMILES string of the molecule is COC[C@H]1CCCN1Cc1nc2n(n1)Cc1c(Cl)ncn1-c1ccc(Br)cc1-2. The van der Waals surface area contributed by atoms with Gasteiger partial charge >= 0.3 is 0 Å². The van der Waals surface area contributed by atoms with E-state index in [-0.39, 0.29) is 0 Å². The van der Waals surface area contributed by atoms with Crippen LogP contribution in [0.2, 0.25) is 5.15 Å². The number of likely N-dealkylation sites (tertiary alicyclic amines) is 1. The molecule has 1 aromatic carbocycles. The maximum absolute atomic E-state index is 6.37. The summed E-state index contributed by atoms with van der Waals surface area (Å²) in [7, 11) is 1.76. The molecule has 3 aromatic rings. The molecule has 0 N–H and O–H groups in total. The van der Waals surface area contributed by atoms with Crippen LogP contribution >= 0.6 is 27.5 Å². The van der Waals surface area contributed by atoms with Crippen molar-refractivity contribution in [2.24, 2.45) is 0 Å². The van der Waals surface area contributed by atoms with Crippen LogP contribution in [0.15, 0.2) is 29.0 Å². The lowest BCUT2D eigenvalue weighted by Crippen LogP contribution is -2.32. The lowest BCUT2D eigenvalue weighted by atomic mass is 10.1. The Morgan fingerprint density at radius 3 is 3.11 bits per heavy atom. The fraction of sp³-hybridized carbons (Fsp3) is 0.421. The van der Waals surface area contributed by atoms with Crippen molar-refractivity contribution in [3.8, 4) is 17.1 Å². The highest BCUT2D eigenvalue weighted by atomic mass is 79.9. The van der Waals surface area contributed by atoms with Crippen LogP contribution in [0.4, 0.5) is 0 Å². The summed E-state index contributed by atoms with van der Waals surface area (Å²) in [6.45, 7) is 3.07. The average Bonchev–Trinajstić information content (AvgIpc) is 3.36. The molecule has 0 bridgehead atoms. The van der Waals surface area contributed by atoms with Crippen molar-refractivity contribution in [3.05, 3.63) is 45.7 Å². The molecule has 7 nitrogen and oxygen atoms in total. The number of hydrogen-bond donors (Lipinski definition) is 0. The molecule has 2 aliphatic heterocycles. The van der Waals surface area contributed by atoms with E-state index in [9.17, 15) is 0 Å². The molecule has 146 valence electrons. The topological polar surface area (TPSA) is 61.0 Å². The minimum atomic E-state index is 0.436. The number of benzene rings is 1. The zero-order valence-corrected chi connectivity index (χ0v) is 17.8. The molecule has 0 radical (unpaired) electrons. The lowest BCUT2D eigenvalue weighted by Gasteiger charge is -2.22. The van der Waals surface area contributed by atoms with Crippen molar-refractivity contribution in [3.63, 3.8) is 0 Å². The van der Waals surface area contributed by atoms with Crippen LogP contribution < -0.4 is 0 Å². The van der Waals surface area contributed by atoms with Crippen LogP contribution in [0.1, 0.15) is 24.4 Å². The Morgan fingerprint density at radius 2 is 2.25 bits per heavy atom. The number of fused-ring (bicyclic) bond motifs is 5. The normalized spacial score (nSPS) is 18.6. The largest absolute Gasteiger partial charge is 0.383 e. The molecule has 0 aliphatic carbocycles. The minimum Gasteiger partial charge on any atom is -0.383 e. The first-order valence-electron chi connectivity index (χ1n) is 9.33. The van der Waals surface area contributed by atoms with Crippen molar-refractivity contribution in [1.82, 2.24) is 29.2 Å². The molecule has 9 heteroatoms. The van der Waals surface area contributed by atoms with E-state index >= 15 is 0 Å². The highest BCUT2D eigenvalue weighted by molar-refractivity contribution is 9.10. The van der Waals surface area contributed by atoms with E-state index in [2.05, 4.69) is 37.9 Å². The van der Waals surface area contributed by atoms with Gasteiger partial charge in [-0.25, -0.2) is 14.6 Å². The van der Waals surface area contributed by atoms with Gasteiger partial charge in [-0.1, -0.05) is 27.5 Å². The summed E-state index contributed by atoms with van der Waals surface area (Å²) in [6.07, 6.45) is 4.11. The van der Waals surface area contributed by atoms with Crippen LogP contribution in [0.3, 0.4) is 0 Å². The van der Waals surface area contributed by atoms with Crippen LogP contribution in [0.5, 0.6) is 0 Å². The second-order valence-electron chi connectivity index (χ2n) is 7.24. The molecule has 0 spiro atoms. The second-order valence-corrected chi connectivity index (χ2v) is 8.52. The van der Waals surface area contributed by atoms with E-state index < -0.39 is 0 Å². The van der Waals surface area contributed by atoms with Crippen LogP contribution in [-0.4, -0.2) is 55.5 Å². The van der Waals surface area contributed by atoms with E-state index in [1.807, 2.05) is 15.3 Å². The molecule has 1 fully saturated rings. The Balaban J connectivity index is 1.56. The first kappa shape index (κ1) is 18.3. The molecule has 2 aliphatic rings. The number of imidazole rings is 1. The first-order valence-corrected chi connectivity index (χ1v) is 10.5. The summed E-state index contributed by atoms with van der Waals surface area (Å²) in [6, 6.07) is 6.58. The third kappa shape index (κ3) is 3.08. The zero-order chi connectivity index (χ0) is 19.3. The highest BCUT2D eigenvalue weighted by Gasteiger charge is 2.28. The predicted octanol–water partition coefficient (Wildman–Crippen LogP) is 3.52. The van der Waals surface area contributed by atoms with E-state index in [0.29, 0.717) is 17.7 Å². The third-order valence-electron chi connectivity index (χ3n) is 5.49. The van der Waals surface area contributed by atoms with Gasteiger partial charge in [0.05, 0.1) is 31.1 Å². The minimum absolute atomic E-state index is 0.436. The smallest absolute Gasteiger partial charge is 0.165 e. The Bertz CT molecular complexity index is 1030. The van der Waals surface area contributed by atoms with E-state index in [1.165, 1.54) is 6.42 Å². The molecule has 1 saturated heterocycles. The van der Waals surface area contributed by atoms with Gasteiger partial charge in [0.2, 0.25) is 0 Å². The van der Waals surface area contributed by atoms with Gasteiger partial charge in [0.15, 0.2) is 16.8 Å². The fourth-order valence-electron chi connectivity index (χ4n) is 4.17. The van der Waals surface area contributed by atoms with Gasteiger partial charge < -0.3 is 4.74 Å². The van der Waals surface area contributed by atoms with Crippen molar-refractivity contribution in [1.29, 1.82) is 0 Å². The molecule has 4 heterocycles. The summed E-state index contributed by atoms with van der Waals surface area (Å²) in [5, 5.41) is 5.32. The average molecular weight is 464 g/mol. The van der Waals surface area contributed by atoms with E-state index in [0.717, 1.165) is 59.2 Å². The lowest BCUT2D eigenvalue weighted by molar-refractivity contribution is 0.110. The van der Waals surface area contributed by atoms with Gasteiger partial charge in [-0.05, 0) is 37.6 Å². The Kier molecular flexibility index (Phi) is 4.74. The molecular weight excluding hydrogens is 444 g/mol. The van der Waals surface area contributed by atoms with Crippen LogP contribution in [0.25, 0.3) is 17.1 Å². The number of ether oxygens (including phenoxy) is 1. The summed E-state index contributed by atoms with van der Waals surface area (Å²) in [4.78, 5) is 11.6. The van der Waals surface area contributed by atoms with E-state index in [1.54, 1.807) is 13.4 Å². The predicted molar refractivity (Wildman–Crippen MR) is 110 cm³/mol. The molecule has 0 unspecified atom stereocenters. The number of hydrogen-bond acceptors (Lipinski definition) is 5. The summed E-state index contributed by atoms with van der Waals surface area (Å²) < 4.78 is 10.3. The van der Waals surface area contributed by atoms with Crippen molar-refractivity contribution < 1.29 is 4.74 Å². The first-order chi connectivity index (χ1) is 13.6. The molecular formula is C19H20BrClN6O. The maximum atomic E-state index is 6.37. The van der Waals surface area contributed by atoms with Gasteiger partial charge in [-0.2, -0.15) is 5.10 Å². The summed E-state index contributed by atoms with van der Waals surface area (Å²) >= 11 is 9.95. The molecule has 28 heavy (non-hydrogen) atoms. The van der Waals surface area contributed by atoms with Crippen molar-refractivity contribution in [2.45, 2.75) is 32.0 Å². The van der Waals surface area contributed by atoms with Crippen LogP contribution in [0, 0.1) is 0 Å². The fourth-order valence-corrected chi connectivity index (χ4v) is 4.73. The van der Waals surface area contributed by atoms with Gasteiger partial charge in [-0.15, -0.1) is 0 Å². The van der Waals surface area contributed by atoms with Gasteiger partial charge in [-0.3, -0.25) is 9.47 Å². The number of aromatic nitrogens is 5. The third-order valence-corrected chi connectivity index (χ3v) is 6.30. The zero-order valence-electron chi connectivity index (χ0n) is 15.5. The number of rotatable bonds is 4. The maximum Gasteiger partial charge on any atom is 0.165 e. The quantitative estimate of drug-likeness (QED) is 0.463. The second kappa shape index (κ2) is 7.26. The molecule has 0 saturated carbocycles. The standard InChI is InChI=1S/C19H20BrClN6O/c1-28-10-13-3-2-6-25(13)9-17-23-19-14-7-12(20)4-5-15(14)26-11-22-18(21)16(26)8-27(19)24-17/h4-5,7,11,13H,2-3,6,8-10H2,1H3/t13-/m1/s1. The number of methoxy groups -OCH3 is 1. The molecule has 5 rings (SSSR count). The Hall–Kier alpha value is -1.74. The molecule has 0 amide bonds. The highest BCUT2D eigenvalue weighted by Crippen LogP contribution is 2.34. The van der Waals surface area contributed by atoms with E-state index in [4.69, 9.17) is 26.4 Å². The number of halogens is 2. The Morgan fingerprint density at radius 1 is 1.36 bits per heavy atom. The van der Waals surface area contributed by atoms with Gasteiger partial charge in [0.1, 0.15) is 6.33 Å². The van der Waals surface area contributed by atoms with Crippen molar-refractivity contribution in [2.75, 3.05) is 20.3 Å². The molecule has 1 atom stereocenters. The Labute approximate surface area is 176 Å². The summed E-state index contributed by atoms with van der Waals surface area (Å²) in [5.41, 5.74) is 2.93.